The summed E-state index contributed by atoms with van der Waals surface area (Å²) >= 11 is 0. The van der Waals surface area contributed by atoms with Crippen molar-refractivity contribution in [3.8, 4) is 0 Å². The van der Waals surface area contributed by atoms with Crippen molar-refractivity contribution in [1.29, 1.82) is 0 Å². The van der Waals surface area contributed by atoms with Crippen LogP contribution in [0.4, 0.5) is 11.6 Å². The smallest absolute Gasteiger partial charge is 0.305 e. The van der Waals surface area contributed by atoms with Crippen molar-refractivity contribution in [2.75, 3.05) is 19.0 Å². The molecule has 0 radical (unpaired) electrons. The standard InChI is InChI=1S/C16H18N4O3/c1-23-14(21)7-3-8-17-15(22)12-5-2-6-13(11-12)20-16-18-9-4-10-19-16/h2,4-6,9-11H,3,7-8H2,1H3,(H,17,22)(H,18,19,20). The fraction of sp³-hybridized carbons (Fsp3) is 0.250. The lowest BCUT2D eigenvalue weighted by Gasteiger charge is -2.08. The zero-order valence-corrected chi connectivity index (χ0v) is 12.8. The van der Waals surface area contributed by atoms with Crippen molar-refractivity contribution in [2.45, 2.75) is 12.8 Å². The lowest BCUT2D eigenvalue weighted by molar-refractivity contribution is -0.140. The van der Waals surface area contributed by atoms with Gasteiger partial charge < -0.3 is 15.4 Å². The van der Waals surface area contributed by atoms with Crippen LogP contribution in [0.15, 0.2) is 42.7 Å². The second-order valence-corrected chi connectivity index (χ2v) is 4.71. The first-order chi connectivity index (χ1) is 11.2. The van der Waals surface area contributed by atoms with Gasteiger partial charge in [0.05, 0.1) is 7.11 Å². The molecule has 0 saturated carbocycles. The SMILES string of the molecule is COC(=O)CCCNC(=O)c1cccc(Nc2ncccn2)c1. The first kappa shape index (κ1) is 16.4. The molecule has 0 atom stereocenters. The Balaban J connectivity index is 1.88. The first-order valence-corrected chi connectivity index (χ1v) is 7.18. The van der Waals surface area contributed by atoms with Crippen LogP contribution in [-0.2, 0) is 9.53 Å². The maximum atomic E-state index is 12.1. The van der Waals surface area contributed by atoms with Crippen molar-refractivity contribution in [3.05, 3.63) is 48.3 Å². The molecule has 0 saturated heterocycles. The predicted octanol–water partition coefficient (Wildman–Crippen LogP) is 1.90. The second kappa shape index (κ2) is 8.47. The normalized spacial score (nSPS) is 9.96. The van der Waals surface area contributed by atoms with Crippen molar-refractivity contribution in [1.82, 2.24) is 15.3 Å². The summed E-state index contributed by atoms with van der Waals surface area (Å²) in [5.74, 6) is -0.0241. The van der Waals surface area contributed by atoms with E-state index in [0.717, 1.165) is 5.69 Å². The molecule has 2 rings (SSSR count). The lowest BCUT2D eigenvalue weighted by atomic mass is 10.2. The molecule has 0 fully saturated rings. The summed E-state index contributed by atoms with van der Waals surface area (Å²) in [7, 11) is 1.34. The van der Waals surface area contributed by atoms with E-state index in [-0.39, 0.29) is 18.3 Å². The molecule has 1 aromatic heterocycles. The van der Waals surface area contributed by atoms with E-state index in [1.165, 1.54) is 7.11 Å². The van der Waals surface area contributed by atoms with Gasteiger partial charge in [-0.3, -0.25) is 9.59 Å². The molecule has 7 heteroatoms. The molecule has 2 aromatic rings. The Morgan fingerprint density at radius 2 is 1.96 bits per heavy atom. The molecule has 0 unspecified atom stereocenters. The summed E-state index contributed by atoms with van der Waals surface area (Å²) < 4.78 is 4.54. The number of hydrogen-bond acceptors (Lipinski definition) is 6. The summed E-state index contributed by atoms with van der Waals surface area (Å²) in [5.41, 5.74) is 1.24. The fourth-order valence-electron chi connectivity index (χ4n) is 1.87. The van der Waals surface area contributed by atoms with Gasteiger partial charge in [0.2, 0.25) is 5.95 Å². The summed E-state index contributed by atoms with van der Waals surface area (Å²) in [6, 6.07) is 8.75. The van der Waals surface area contributed by atoms with Crippen molar-refractivity contribution >= 4 is 23.5 Å². The third-order valence-electron chi connectivity index (χ3n) is 3.02. The molecule has 0 spiro atoms. The van der Waals surface area contributed by atoms with Crippen LogP contribution in [0.2, 0.25) is 0 Å². The Bertz CT molecular complexity index is 661. The van der Waals surface area contributed by atoms with Crippen molar-refractivity contribution in [2.24, 2.45) is 0 Å². The van der Waals surface area contributed by atoms with Crippen LogP contribution in [0.25, 0.3) is 0 Å². The molecule has 1 heterocycles. The van der Waals surface area contributed by atoms with E-state index in [0.29, 0.717) is 24.5 Å². The third-order valence-corrected chi connectivity index (χ3v) is 3.02. The number of nitrogens with one attached hydrogen (secondary N) is 2. The van der Waals surface area contributed by atoms with Crippen LogP contribution < -0.4 is 10.6 Å². The number of ether oxygens (including phenoxy) is 1. The maximum absolute atomic E-state index is 12.1. The number of amides is 1. The average molecular weight is 314 g/mol. The van der Waals surface area contributed by atoms with Gasteiger partial charge in [-0.05, 0) is 30.7 Å². The lowest BCUT2D eigenvalue weighted by Crippen LogP contribution is -2.25. The molecular weight excluding hydrogens is 296 g/mol. The minimum absolute atomic E-state index is 0.201. The quantitative estimate of drug-likeness (QED) is 0.599. The van der Waals surface area contributed by atoms with E-state index in [2.05, 4.69) is 25.3 Å². The molecule has 7 nitrogen and oxygen atoms in total. The number of anilines is 2. The molecular formula is C16H18N4O3. The van der Waals surface area contributed by atoms with Crippen LogP contribution >= 0.6 is 0 Å². The molecule has 1 amide bonds. The molecule has 1 aromatic carbocycles. The zero-order chi connectivity index (χ0) is 16.5. The van der Waals surface area contributed by atoms with Gasteiger partial charge in [-0.15, -0.1) is 0 Å². The molecule has 2 N–H and O–H groups in total. The highest BCUT2D eigenvalue weighted by Gasteiger charge is 2.07. The van der Waals surface area contributed by atoms with Crippen LogP contribution in [0.1, 0.15) is 23.2 Å². The van der Waals surface area contributed by atoms with Gasteiger partial charge in [0.15, 0.2) is 0 Å². The van der Waals surface area contributed by atoms with Gasteiger partial charge in [-0.2, -0.15) is 0 Å². The summed E-state index contributed by atoms with van der Waals surface area (Å²) in [4.78, 5) is 31.2. The van der Waals surface area contributed by atoms with Gasteiger partial charge in [0.25, 0.3) is 5.91 Å². The monoisotopic (exact) mass is 314 g/mol. The molecule has 0 bridgehead atoms. The number of benzene rings is 1. The van der Waals surface area contributed by atoms with Gasteiger partial charge in [-0.1, -0.05) is 6.07 Å². The van der Waals surface area contributed by atoms with Crippen LogP contribution in [-0.4, -0.2) is 35.5 Å². The number of nitrogens with zero attached hydrogens (tertiary/aromatic N) is 2. The van der Waals surface area contributed by atoms with Gasteiger partial charge >= 0.3 is 5.97 Å². The van der Waals surface area contributed by atoms with Gasteiger partial charge in [-0.25, -0.2) is 9.97 Å². The van der Waals surface area contributed by atoms with Crippen LogP contribution in [0.3, 0.4) is 0 Å². The predicted molar refractivity (Wildman–Crippen MR) is 85.3 cm³/mol. The Morgan fingerprint density at radius 3 is 2.70 bits per heavy atom. The van der Waals surface area contributed by atoms with E-state index in [9.17, 15) is 9.59 Å². The van der Waals surface area contributed by atoms with Crippen LogP contribution in [0.5, 0.6) is 0 Å². The highest BCUT2D eigenvalue weighted by molar-refractivity contribution is 5.95. The molecule has 120 valence electrons. The third kappa shape index (κ3) is 5.39. The molecule has 0 aliphatic carbocycles. The number of aromatic nitrogens is 2. The van der Waals surface area contributed by atoms with E-state index in [1.54, 1.807) is 36.7 Å². The number of hydrogen-bond donors (Lipinski definition) is 2. The van der Waals surface area contributed by atoms with Crippen molar-refractivity contribution in [3.63, 3.8) is 0 Å². The Morgan fingerprint density at radius 1 is 1.17 bits per heavy atom. The largest absolute Gasteiger partial charge is 0.469 e. The van der Waals surface area contributed by atoms with Crippen LogP contribution in [0, 0.1) is 0 Å². The minimum atomic E-state index is -0.284. The zero-order valence-electron chi connectivity index (χ0n) is 12.8. The number of methoxy groups -OCH3 is 1. The molecule has 23 heavy (non-hydrogen) atoms. The van der Waals surface area contributed by atoms with Crippen molar-refractivity contribution < 1.29 is 14.3 Å². The number of rotatable bonds is 7. The minimum Gasteiger partial charge on any atom is -0.469 e. The topological polar surface area (TPSA) is 93.2 Å². The highest BCUT2D eigenvalue weighted by Crippen LogP contribution is 2.14. The van der Waals surface area contributed by atoms with E-state index in [4.69, 9.17) is 0 Å². The Hall–Kier alpha value is -2.96. The number of carbonyl (C=O) groups is 2. The average Bonchev–Trinajstić information content (AvgIpc) is 2.59. The van der Waals surface area contributed by atoms with Gasteiger partial charge in [0.1, 0.15) is 0 Å². The fourth-order valence-corrected chi connectivity index (χ4v) is 1.87. The van der Waals surface area contributed by atoms with Gasteiger partial charge in [0, 0.05) is 36.6 Å². The summed E-state index contributed by atoms with van der Waals surface area (Å²) in [6.07, 6.45) is 4.08. The first-order valence-electron chi connectivity index (χ1n) is 7.18. The maximum Gasteiger partial charge on any atom is 0.305 e. The number of esters is 1. The second-order valence-electron chi connectivity index (χ2n) is 4.71. The Labute approximate surface area is 134 Å². The molecule has 0 aliphatic heterocycles. The molecule has 0 aliphatic rings. The number of carbonyl (C=O) groups excluding carboxylic acids is 2. The van der Waals surface area contributed by atoms with E-state index >= 15 is 0 Å². The summed E-state index contributed by atoms with van der Waals surface area (Å²) in [6.45, 7) is 0.410. The highest BCUT2D eigenvalue weighted by atomic mass is 16.5. The van der Waals surface area contributed by atoms with E-state index < -0.39 is 0 Å². The Kier molecular flexibility index (Phi) is 6.05. The van der Waals surface area contributed by atoms with E-state index in [1.807, 2.05) is 6.07 Å². The summed E-state index contributed by atoms with van der Waals surface area (Å²) in [5, 5.41) is 5.79.